The molecule has 2 rings (SSSR count). The van der Waals surface area contributed by atoms with Crippen molar-refractivity contribution in [3.05, 3.63) is 42.0 Å². The Balaban J connectivity index is 1.90. The predicted octanol–water partition coefficient (Wildman–Crippen LogP) is 2.74. The van der Waals surface area contributed by atoms with Crippen molar-refractivity contribution in [2.75, 3.05) is 11.9 Å². The zero-order valence-corrected chi connectivity index (χ0v) is 14.3. The van der Waals surface area contributed by atoms with Gasteiger partial charge in [-0.25, -0.2) is 4.79 Å². The summed E-state index contributed by atoms with van der Waals surface area (Å²) in [4.78, 5) is 34.5. The first-order chi connectivity index (χ1) is 11.7. The van der Waals surface area contributed by atoms with Crippen LogP contribution >= 0.6 is 0 Å². The van der Waals surface area contributed by atoms with E-state index in [1.54, 1.807) is 45.0 Å². The number of amides is 3. The van der Waals surface area contributed by atoms with Gasteiger partial charge < -0.3 is 15.4 Å². The van der Waals surface area contributed by atoms with Gasteiger partial charge in [-0.2, -0.15) is 5.11 Å². The molecule has 1 aromatic rings. The fourth-order valence-corrected chi connectivity index (χ4v) is 2.01. The van der Waals surface area contributed by atoms with Crippen molar-refractivity contribution in [3.8, 4) is 0 Å². The van der Waals surface area contributed by atoms with Crippen LogP contribution in [0.1, 0.15) is 32.4 Å². The highest BCUT2D eigenvalue weighted by Crippen LogP contribution is 2.24. The molecular formula is C17H20N4O4. The van der Waals surface area contributed by atoms with Crippen LogP contribution in [0.15, 0.2) is 46.6 Å². The number of carbonyl (C=O) groups is 3. The van der Waals surface area contributed by atoms with Crippen LogP contribution in [0, 0.1) is 0 Å². The van der Waals surface area contributed by atoms with Crippen molar-refractivity contribution >= 4 is 23.6 Å². The maximum Gasteiger partial charge on any atom is 0.408 e. The van der Waals surface area contributed by atoms with Crippen molar-refractivity contribution in [2.24, 2.45) is 10.2 Å². The molecule has 0 saturated carbocycles. The number of hydrogen-bond donors (Lipinski definition) is 2. The zero-order chi connectivity index (χ0) is 18.4. The van der Waals surface area contributed by atoms with Crippen molar-refractivity contribution in [3.63, 3.8) is 0 Å². The summed E-state index contributed by atoms with van der Waals surface area (Å²) in [5.74, 6) is -0.784. The summed E-state index contributed by atoms with van der Waals surface area (Å²) < 4.78 is 5.06. The van der Waals surface area contributed by atoms with Crippen LogP contribution in [-0.4, -0.2) is 30.1 Å². The third-order valence-corrected chi connectivity index (χ3v) is 3.01. The lowest BCUT2D eigenvalue weighted by Crippen LogP contribution is -2.37. The molecule has 1 aliphatic heterocycles. The minimum absolute atomic E-state index is 0.212. The van der Waals surface area contributed by atoms with Crippen LogP contribution in [0.4, 0.5) is 10.5 Å². The molecule has 1 heterocycles. The number of ether oxygens (including phenoxy) is 1. The number of hydrogen-bond acceptors (Lipinski definition) is 5. The van der Waals surface area contributed by atoms with Gasteiger partial charge >= 0.3 is 6.09 Å². The van der Waals surface area contributed by atoms with Gasteiger partial charge in [0.15, 0.2) is 0 Å². The summed E-state index contributed by atoms with van der Waals surface area (Å²) in [7, 11) is 0. The zero-order valence-electron chi connectivity index (χ0n) is 14.3. The fourth-order valence-electron chi connectivity index (χ4n) is 2.01. The number of alkyl carbamates (subject to hydrolysis) is 1. The summed E-state index contributed by atoms with van der Waals surface area (Å²) in [6, 6.07) is 6.65. The van der Waals surface area contributed by atoms with Gasteiger partial charge in [0.05, 0.1) is 0 Å². The number of rotatable bonds is 4. The number of anilines is 1. The van der Waals surface area contributed by atoms with E-state index in [2.05, 4.69) is 20.9 Å². The van der Waals surface area contributed by atoms with Gasteiger partial charge in [-0.1, -0.05) is 12.1 Å². The molecule has 8 heteroatoms. The standard InChI is InChI=1S/C17H20N4O4/c1-17(2,3)25-16(24)18-10-15(23)19-12-6-4-5-11(9-12)13-7-8-14(22)21-20-13/h4-9,13H,10H2,1-3H3,(H,18,24)(H,19,23). The highest BCUT2D eigenvalue weighted by molar-refractivity contribution is 5.94. The number of nitrogens with zero attached hydrogens (tertiary/aromatic N) is 2. The Hall–Kier alpha value is -3.03. The van der Waals surface area contributed by atoms with Crippen molar-refractivity contribution in [2.45, 2.75) is 32.4 Å². The first-order valence-corrected chi connectivity index (χ1v) is 7.72. The highest BCUT2D eigenvalue weighted by atomic mass is 16.6. The van der Waals surface area contributed by atoms with Crippen LogP contribution < -0.4 is 10.6 Å². The van der Waals surface area contributed by atoms with Gasteiger partial charge in [0.25, 0.3) is 5.91 Å². The second-order valence-electron chi connectivity index (χ2n) is 6.39. The first kappa shape index (κ1) is 18.3. The lowest BCUT2D eigenvalue weighted by atomic mass is 10.1. The van der Waals surface area contributed by atoms with Gasteiger partial charge in [0.2, 0.25) is 5.91 Å². The molecule has 2 N–H and O–H groups in total. The minimum atomic E-state index is -0.658. The van der Waals surface area contributed by atoms with Gasteiger partial charge in [-0.15, -0.1) is 5.11 Å². The van der Waals surface area contributed by atoms with E-state index in [4.69, 9.17) is 4.74 Å². The number of benzene rings is 1. The molecule has 0 aromatic heterocycles. The summed E-state index contributed by atoms with van der Waals surface area (Å²) in [6.45, 7) is 5.00. The van der Waals surface area contributed by atoms with Crippen LogP contribution in [-0.2, 0) is 14.3 Å². The summed E-state index contributed by atoms with van der Waals surface area (Å²) in [6.07, 6.45) is 2.34. The molecule has 1 atom stereocenters. The Morgan fingerprint density at radius 2 is 2.04 bits per heavy atom. The normalized spacial score (nSPS) is 16.4. The topological polar surface area (TPSA) is 109 Å². The van der Waals surface area contributed by atoms with E-state index >= 15 is 0 Å². The van der Waals surface area contributed by atoms with Crippen LogP contribution in [0.2, 0.25) is 0 Å². The number of azo groups is 1. The summed E-state index contributed by atoms with van der Waals surface area (Å²) in [5, 5.41) is 12.5. The molecular weight excluding hydrogens is 324 g/mol. The molecule has 0 radical (unpaired) electrons. The molecule has 1 unspecified atom stereocenters. The van der Waals surface area contributed by atoms with E-state index in [-0.39, 0.29) is 18.5 Å². The maximum absolute atomic E-state index is 11.9. The molecule has 0 saturated heterocycles. The van der Waals surface area contributed by atoms with Gasteiger partial charge in [0, 0.05) is 11.8 Å². The number of nitrogens with one attached hydrogen (secondary N) is 2. The Bertz CT molecular complexity index is 718. The molecule has 0 fully saturated rings. The second kappa shape index (κ2) is 7.69. The fraction of sp³-hybridized carbons (Fsp3) is 0.353. The Morgan fingerprint density at radius 1 is 1.28 bits per heavy atom. The van der Waals surface area contributed by atoms with Gasteiger partial charge in [-0.05, 0) is 44.5 Å². The number of carbonyl (C=O) groups excluding carboxylic acids is 3. The molecule has 1 aromatic carbocycles. The Labute approximate surface area is 145 Å². The lowest BCUT2D eigenvalue weighted by molar-refractivity contribution is -0.115. The lowest BCUT2D eigenvalue weighted by Gasteiger charge is -2.19. The molecule has 0 aliphatic carbocycles. The van der Waals surface area contributed by atoms with E-state index < -0.39 is 17.6 Å². The van der Waals surface area contributed by atoms with Crippen molar-refractivity contribution in [1.82, 2.24) is 5.32 Å². The maximum atomic E-state index is 11.9. The molecule has 132 valence electrons. The largest absolute Gasteiger partial charge is 0.444 e. The van der Waals surface area contributed by atoms with E-state index in [1.807, 2.05) is 6.07 Å². The summed E-state index contributed by atoms with van der Waals surface area (Å²) in [5.41, 5.74) is 0.706. The van der Waals surface area contributed by atoms with Crippen LogP contribution in [0.5, 0.6) is 0 Å². The predicted molar refractivity (Wildman–Crippen MR) is 91.1 cm³/mol. The van der Waals surface area contributed by atoms with Gasteiger partial charge in [0.1, 0.15) is 18.2 Å². The molecule has 1 aliphatic rings. The highest BCUT2D eigenvalue weighted by Gasteiger charge is 2.17. The SMILES string of the molecule is CC(C)(C)OC(=O)NCC(=O)Nc1cccc(C2C=CC(=O)N=N2)c1. The minimum Gasteiger partial charge on any atom is -0.444 e. The van der Waals surface area contributed by atoms with Crippen molar-refractivity contribution < 1.29 is 19.1 Å². The average molecular weight is 344 g/mol. The van der Waals surface area contributed by atoms with E-state index in [0.717, 1.165) is 5.56 Å². The third kappa shape index (κ3) is 6.17. The Morgan fingerprint density at radius 3 is 2.68 bits per heavy atom. The van der Waals surface area contributed by atoms with Crippen LogP contribution in [0.25, 0.3) is 0 Å². The monoisotopic (exact) mass is 344 g/mol. The third-order valence-electron chi connectivity index (χ3n) is 3.01. The summed E-state index contributed by atoms with van der Waals surface area (Å²) >= 11 is 0. The molecule has 0 spiro atoms. The molecule has 0 bridgehead atoms. The molecule has 25 heavy (non-hydrogen) atoms. The van der Waals surface area contributed by atoms with Crippen LogP contribution in [0.3, 0.4) is 0 Å². The van der Waals surface area contributed by atoms with Crippen molar-refractivity contribution in [1.29, 1.82) is 0 Å². The average Bonchev–Trinajstić information content (AvgIpc) is 2.52. The molecule has 8 nitrogen and oxygen atoms in total. The van der Waals surface area contributed by atoms with E-state index in [0.29, 0.717) is 5.69 Å². The van der Waals surface area contributed by atoms with E-state index in [9.17, 15) is 14.4 Å². The smallest absolute Gasteiger partial charge is 0.408 e. The second-order valence-corrected chi connectivity index (χ2v) is 6.39. The Kier molecular flexibility index (Phi) is 5.63. The van der Waals surface area contributed by atoms with E-state index in [1.165, 1.54) is 6.08 Å². The van der Waals surface area contributed by atoms with Gasteiger partial charge in [-0.3, -0.25) is 9.59 Å². The quantitative estimate of drug-likeness (QED) is 0.875. The molecule has 3 amide bonds. The first-order valence-electron chi connectivity index (χ1n) is 7.72.